The second-order valence-corrected chi connectivity index (χ2v) is 5.88. The van der Waals surface area contributed by atoms with Crippen molar-refractivity contribution < 1.29 is 4.74 Å². The van der Waals surface area contributed by atoms with Crippen molar-refractivity contribution in [3.8, 4) is 5.75 Å². The molecule has 1 atom stereocenters. The predicted octanol–water partition coefficient (Wildman–Crippen LogP) is 3.66. The highest BCUT2D eigenvalue weighted by molar-refractivity contribution is 5.68. The second kappa shape index (κ2) is 5.09. The molecule has 1 aliphatic carbocycles. The van der Waals surface area contributed by atoms with Gasteiger partial charge in [0.15, 0.2) is 0 Å². The molecule has 0 aromatic heterocycles. The monoisotopic (exact) mass is 248 g/mol. The van der Waals surface area contributed by atoms with Crippen LogP contribution >= 0.6 is 0 Å². The van der Waals surface area contributed by atoms with Crippen molar-refractivity contribution in [2.45, 2.75) is 45.6 Å². The molecule has 2 rings (SSSR count). The number of anilines is 2. The summed E-state index contributed by atoms with van der Waals surface area (Å²) < 4.78 is 5.17. The van der Waals surface area contributed by atoms with Crippen LogP contribution in [0.25, 0.3) is 0 Å². The lowest BCUT2D eigenvalue weighted by molar-refractivity contribution is 0.217. The van der Waals surface area contributed by atoms with Gasteiger partial charge in [-0.25, -0.2) is 0 Å². The topological polar surface area (TPSA) is 47.3 Å². The maximum absolute atomic E-state index is 6.06. The summed E-state index contributed by atoms with van der Waals surface area (Å²) in [6, 6.07) is 6.34. The van der Waals surface area contributed by atoms with E-state index in [4.69, 9.17) is 10.5 Å². The summed E-state index contributed by atoms with van der Waals surface area (Å²) in [6.45, 7) is 4.67. The average Bonchev–Trinajstić information content (AvgIpc) is 2.33. The fourth-order valence-corrected chi connectivity index (χ4v) is 2.75. The number of rotatable bonds is 3. The van der Waals surface area contributed by atoms with Crippen LogP contribution in [0.5, 0.6) is 5.75 Å². The van der Waals surface area contributed by atoms with E-state index < -0.39 is 0 Å². The first-order chi connectivity index (χ1) is 8.53. The van der Waals surface area contributed by atoms with Crippen LogP contribution in [0.1, 0.15) is 39.5 Å². The number of ether oxygens (including phenoxy) is 1. The minimum atomic E-state index is 0.338. The van der Waals surface area contributed by atoms with E-state index in [-0.39, 0.29) is 0 Å². The van der Waals surface area contributed by atoms with Gasteiger partial charge in [0.1, 0.15) is 5.75 Å². The zero-order chi connectivity index (χ0) is 13.2. The highest BCUT2D eigenvalue weighted by atomic mass is 16.5. The van der Waals surface area contributed by atoms with Crippen LogP contribution in [-0.2, 0) is 0 Å². The first-order valence-corrected chi connectivity index (χ1v) is 6.73. The Labute approximate surface area is 110 Å². The Morgan fingerprint density at radius 2 is 2.11 bits per heavy atom. The molecule has 0 amide bonds. The molecule has 0 heterocycles. The van der Waals surface area contributed by atoms with Crippen LogP contribution in [0.4, 0.5) is 11.4 Å². The number of benzene rings is 1. The predicted molar refractivity (Wildman–Crippen MR) is 77.1 cm³/mol. The molecule has 1 aromatic rings. The van der Waals surface area contributed by atoms with Crippen LogP contribution < -0.4 is 15.8 Å². The Hall–Kier alpha value is -1.38. The summed E-state index contributed by atoms with van der Waals surface area (Å²) in [7, 11) is 1.66. The molecule has 1 aromatic carbocycles. The summed E-state index contributed by atoms with van der Waals surface area (Å²) >= 11 is 0. The average molecular weight is 248 g/mol. The van der Waals surface area contributed by atoms with Crippen molar-refractivity contribution in [1.82, 2.24) is 0 Å². The van der Waals surface area contributed by atoms with Gasteiger partial charge in [0.05, 0.1) is 18.5 Å². The van der Waals surface area contributed by atoms with Crippen LogP contribution in [0, 0.1) is 5.41 Å². The lowest BCUT2D eigenvalue weighted by Crippen LogP contribution is -2.39. The summed E-state index contributed by atoms with van der Waals surface area (Å²) in [5.74, 6) is 0.806. The Morgan fingerprint density at radius 1 is 1.33 bits per heavy atom. The van der Waals surface area contributed by atoms with Crippen LogP contribution in [-0.4, -0.2) is 13.2 Å². The fourth-order valence-electron chi connectivity index (χ4n) is 2.75. The van der Waals surface area contributed by atoms with Crippen LogP contribution in [0.2, 0.25) is 0 Å². The molecule has 1 saturated carbocycles. The van der Waals surface area contributed by atoms with Crippen molar-refractivity contribution in [3.05, 3.63) is 18.2 Å². The van der Waals surface area contributed by atoms with Gasteiger partial charge >= 0.3 is 0 Å². The SMILES string of the molecule is COc1ccc(NC2CCCCC2(C)C)c(N)c1. The molecule has 0 spiro atoms. The van der Waals surface area contributed by atoms with E-state index >= 15 is 0 Å². The molecule has 0 bridgehead atoms. The van der Waals surface area contributed by atoms with E-state index in [1.165, 1.54) is 25.7 Å². The maximum atomic E-state index is 6.06. The summed E-state index contributed by atoms with van der Waals surface area (Å²) in [4.78, 5) is 0. The van der Waals surface area contributed by atoms with Gasteiger partial charge in [-0.3, -0.25) is 0 Å². The van der Waals surface area contributed by atoms with Crippen LogP contribution in [0.15, 0.2) is 18.2 Å². The lowest BCUT2D eigenvalue weighted by atomic mass is 9.73. The molecule has 3 heteroatoms. The molecular weight excluding hydrogens is 224 g/mol. The first-order valence-electron chi connectivity index (χ1n) is 6.73. The van der Waals surface area contributed by atoms with Crippen molar-refractivity contribution in [2.24, 2.45) is 5.41 Å². The third kappa shape index (κ3) is 2.71. The molecule has 1 fully saturated rings. The van der Waals surface area contributed by atoms with E-state index in [1.54, 1.807) is 7.11 Å². The molecular formula is C15H24N2O. The number of hydrogen-bond donors (Lipinski definition) is 2. The van der Waals surface area contributed by atoms with E-state index in [0.29, 0.717) is 11.5 Å². The van der Waals surface area contributed by atoms with Gasteiger partial charge in [-0.2, -0.15) is 0 Å². The second-order valence-electron chi connectivity index (χ2n) is 5.88. The normalized spacial score (nSPS) is 22.5. The minimum Gasteiger partial charge on any atom is -0.497 e. The van der Waals surface area contributed by atoms with E-state index in [9.17, 15) is 0 Å². The Bertz CT molecular complexity index is 415. The zero-order valence-corrected chi connectivity index (χ0v) is 11.6. The molecule has 18 heavy (non-hydrogen) atoms. The highest BCUT2D eigenvalue weighted by Crippen LogP contribution is 2.38. The first kappa shape index (κ1) is 13.1. The van der Waals surface area contributed by atoms with Gasteiger partial charge in [0, 0.05) is 12.1 Å². The van der Waals surface area contributed by atoms with Crippen LogP contribution in [0.3, 0.4) is 0 Å². The smallest absolute Gasteiger partial charge is 0.121 e. The molecule has 1 unspecified atom stereocenters. The number of methoxy groups -OCH3 is 1. The third-order valence-electron chi connectivity index (χ3n) is 4.10. The number of hydrogen-bond acceptors (Lipinski definition) is 3. The molecule has 0 saturated heterocycles. The minimum absolute atomic E-state index is 0.338. The van der Waals surface area contributed by atoms with Gasteiger partial charge in [-0.15, -0.1) is 0 Å². The van der Waals surface area contributed by atoms with Crippen molar-refractivity contribution >= 4 is 11.4 Å². The van der Waals surface area contributed by atoms with Gasteiger partial charge in [-0.1, -0.05) is 26.7 Å². The quantitative estimate of drug-likeness (QED) is 0.802. The van der Waals surface area contributed by atoms with Crippen molar-refractivity contribution in [1.29, 1.82) is 0 Å². The summed E-state index contributed by atoms with van der Waals surface area (Å²) in [5, 5.41) is 3.61. The molecule has 100 valence electrons. The van der Waals surface area contributed by atoms with E-state index in [1.807, 2.05) is 18.2 Å². The molecule has 0 aliphatic heterocycles. The lowest BCUT2D eigenvalue weighted by Gasteiger charge is -2.39. The maximum Gasteiger partial charge on any atom is 0.121 e. The van der Waals surface area contributed by atoms with E-state index in [2.05, 4.69) is 19.2 Å². The molecule has 1 aliphatic rings. The summed E-state index contributed by atoms with van der Waals surface area (Å²) in [5.41, 5.74) is 8.18. The zero-order valence-electron chi connectivity index (χ0n) is 11.6. The fraction of sp³-hybridized carbons (Fsp3) is 0.600. The molecule has 3 N–H and O–H groups in total. The standard InChI is InChI=1S/C15H24N2O/c1-15(2)9-5-4-6-14(15)17-13-8-7-11(18-3)10-12(13)16/h7-8,10,14,17H,4-6,9,16H2,1-3H3. The van der Waals surface area contributed by atoms with Gasteiger partial charge in [-0.05, 0) is 30.4 Å². The largest absolute Gasteiger partial charge is 0.497 e. The Kier molecular flexibility index (Phi) is 3.69. The Morgan fingerprint density at radius 3 is 2.72 bits per heavy atom. The number of nitrogen functional groups attached to an aromatic ring is 1. The van der Waals surface area contributed by atoms with Crippen molar-refractivity contribution in [3.63, 3.8) is 0 Å². The van der Waals surface area contributed by atoms with Gasteiger partial charge in [0.2, 0.25) is 0 Å². The highest BCUT2D eigenvalue weighted by Gasteiger charge is 2.32. The number of nitrogens with two attached hydrogens (primary N) is 1. The molecule has 3 nitrogen and oxygen atoms in total. The Balaban J connectivity index is 2.13. The number of nitrogens with one attached hydrogen (secondary N) is 1. The van der Waals surface area contributed by atoms with Gasteiger partial charge < -0.3 is 15.8 Å². The summed E-state index contributed by atoms with van der Waals surface area (Å²) in [6.07, 6.45) is 5.14. The third-order valence-corrected chi connectivity index (χ3v) is 4.10. The van der Waals surface area contributed by atoms with E-state index in [0.717, 1.165) is 17.1 Å². The molecule has 0 radical (unpaired) electrons. The van der Waals surface area contributed by atoms with Crippen molar-refractivity contribution in [2.75, 3.05) is 18.2 Å². The van der Waals surface area contributed by atoms with Gasteiger partial charge in [0.25, 0.3) is 0 Å².